The van der Waals surface area contributed by atoms with Gasteiger partial charge in [0.25, 0.3) is 0 Å². The molecule has 2 fully saturated rings. The number of hydrogen-bond donors (Lipinski definition) is 2. The second kappa shape index (κ2) is 11.7. The van der Waals surface area contributed by atoms with Gasteiger partial charge in [-0.05, 0) is 26.7 Å². The molecule has 0 aromatic heterocycles. The van der Waals surface area contributed by atoms with Crippen LogP contribution in [-0.4, -0.2) is 86.5 Å². The van der Waals surface area contributed by atoms with Crippen LogP contribution in [0.2, 0.25) is 0 Å². The van der Waals surface area contributed by atoms with Gasteiger partial charge in [0.05, 0.1) is 26.4 Å². The van der Waals surface area contributed by atoms with Crippen molar-refractivity contribution in [1.82, 2.24) is 15.1 Å². The monoisotopic (exact) mass is 469 g/mol. The van der Waals surface area contributed by atoms with Crippen molar-refractivity contribution >= 4 is 36.0 Å². The summed E-state index contributed by atoms with van der Waals surface area (Å²) in [5, 5.41) is 3.27. The van der Waals surface area contributed by atoms with E-state index in [1.165, 1.54) is 0 Å². The second-order valence-electron chi connectivity index (χ2n) is 6.33. The van der Waals surface area contributed by atoms with Crippen LogP contribution in [0.4, 0.5) is 4.79 Å². The summed E-state index contributed by atoms with van der Waals surface area (Å²) in [5.41, 5.74) is 6.01. The summed E-state index contributed by atoms with van der Waals surface area (Å²) in [4.78, 5) is 20.3. The molecule has 25 heavy (non-hydrogen) atoms. The van der Waals surface area contributed by atoms with E-state index in [4.69, 9.17) is 15.2 Å². The molecule has 2 aliphatic rings. The zero-order valence-corrected chi connectivity index (χ0v) is 17.6. The van der Waals surface area contributed by atoms with E-state index in [1.54, 1.807) is 4.90 Å². The van der Waals surface area contributed by atoms with E-state index in [2.05, 4.69) is 22.1 Å². The van der Waals surface area contributed by atoms with Crippen molar-refractivity contribution < 1.29 is 14.3 Å². The van der Waals surface area contributed by atoms with Gasteiger partial charge in [-0.1, -0.05) is 0 Å². The molecule has 0 spiro atoms. The lowest BCUT2D eigenvalue weighted by molar-refractivity contribution is 0.0220. The molecule has 9 heteroatoms. The maximum atomic E-state index is 11.7. The molecule has 0 aromatic rings. The smallest absolute Gasteiger partial charge is 0.409 e. The number of nitrogens with two attached hydrogens (primary N) is 1. The van der Waals surface area contributed by atoms with Crippen LogP contribution in [0.1, 0.15) is 26.7 Å². The highest BCUT2D eigenvalue weighted by Crippen LogP contribution is 2.11. The zero-order valence-electron chi connectivity index (χ0n) is 15.3. The Morgan fingerprint density at radius 2 is 1.96 bits per heavy atom. The minimum atomic E-state index is -0.225. The molecule has 2 heterocycles. The number of guanidine groups is 1. The fourth-order valence-electron chi connectivity index (χ4n) is 3.04. The quantitative estimate of drug-likeness (QED) is 0.353. The van der Waals surface area contributed by atoms with Gasteiger partial charge in [-0.15, -0.1) is 24.0 Å². The van der Waals surface area contributed by atoms with Crippen LogP contribution in [0, 0.1) is 0 Å². The van der Waals surface area contributed by atoms with Gasteiger partial charge in [0.15, 0.2) is 5.96 Å². The molecular weight excluding hydrogens is 437 g/mol. The Bertz CT molecular complexity index is 424. The molecular formula is C16H32IN5O3. The van der Waals surface area contributed by atoms with Gasteiger partial charge in [0, 0.05) is 38.3 Å². The Labute approximate surface area is 167 Å². The lowest BCUT2D eigenvalue weighted by Gasteiger charge is -2.32. The number of rotatable bonds is 5. The average molecular weight is 469 g/mol. The van der Waals surface area contributed by atoms with Gasteiger partial charge in [-0.2, -0.15) is 0 Å². The largest absolute Gasteiger partial charge is 0.450 e. The number of carbonyl (C=O) groups is 1. The van der Waals surface area contributed by atoms with Crippen LogP contribution < -0.4 is 11.1 Å². The minimum Gasteiger partial charge on any atom is -0.450 e. The Morgan fingerprint density at radius 3 is 2.56 bits per heavy atom. The van der Waals surface area contributed by atoms with E-state index in [9.17, 15) is 4.79 Å². The molecule has 0 aliphatic carbocycles. The molecule has 0 radical (unpaired) electrons. The Hall–Kier alpha value is -0.810. The van der Waals surface area contributed by atoms with Gasteiger partial charge in [-0.3, -0.25) is 9.89 Å². The molecule has 1 amide bonds. The molecule has 0 aromatic carbocycles. The van der Waals surface area contributed by atoms with Crippen LogP contribution in [0.3, 0.4) is 0 Å². The number of hydrogen-bond acceptors (Lipinski definition) is 5. The molecule has 2 aliphatic heterocycles. The first-order valence-electron chi connectivity index (χ1n) is 8.90. The number of amides is 1. The normalized spacial score (nSPS) is 21.4. The Kier molecular flexibility index (Phi) is 10.4. The van der Waals surface area contributed by atoms with Crippen molar-refractivity contribution in [3.8, 4) is 0 Å². The zero-order chi connectivity index (χ0) is 17.4. The highest BCUT2D eigenvalue weighted by molar-refractivity contribution is 14.0. The highest BCUT2D eigenvalue weighted by Gasteiger charge is 2.24. The summed E-state index contributed by atoms with van der Waals surface area (Å²) in [6.45, 7) is 9.95. The van der Waals surface area contributed by atoms with Crippen molar-refractivity contribution in [2.24, 2.45) is 10.7 Å². The number of aliphatic imine (C=N–C) groups is 1. The standard InChI is InChI=1S/C16H31N5O3.HI/c1-3-24-16(22)21-6-4-14(5-7-21)19-15(17)18-12-13(2)20-8-10-23-11-9-20;/h13-14H,3-12H2,1-2H3,(H3,17,18,19);1H. The molecule has 0 saturated carbocycles. The number of piperidine rings is 1. The van der Waals surface area contributed by atoms with Gasteiger partial charge in [-0.25, -0.2) is 4.79 Å². The SMILES string of the molecule is CCOC(=O)N1CCC(NC(N)=NCC(C)N2CCOCC2)CC1.I. The summed E-state index contributed by atoms with van der Waals surface area (Å²) >= 11 is 0. The molecule has 8 nitrogen and oxygen atoms in total. The van der Waals surface area contributed by atoms with E-state index >= 15 is 0 Å². The van der Waals surface area contributed by atoms with E-state index in [-0.39, 0.29) is 36.1 Å². The van der Waals surface area contributed by atoms with E-state index in [0.29, 0.717) is 38.2 Å². The predicted molar refractivity (Wildman–Crippen MR) is 109 cm³/mol. The van der Waals surface area contributed by atoms with Gasteiger partial charge < -0.3 is 25.4 Å². The van der Waals surface area contributed by atoms with Crippen molar-refractivity contribution in [1.29, 1.82) is 0 Å². The van der Waals surface area contributed by atoms with E-state index < -0.39 is 0 Å². The lowest BCUT2D eigenvalue weighted by Crippen LogP contribution is -2.49. The number of carbonyl (C=O) groups excluding carboxylic acids is 1. The maximum absolute atomic E-state index is 11.7. The fourth-order valence-corrected chi connectivity index (χ4v) is 3.04. The molecule has 3 N–H and O–H groups in total. The second-order valence-corrected chi connectivity index (χ2v) is 6.33. The minimum absolute atomic E-state index is 0. The predicted octanol–water partition coefficient (Wildman–Crippen LogP) is 0.850. The van der Waals surface area contributed by atoms with Gasteiger partial charge >= 0.3 is 6.09 Å². The number of likely N-dealkylation sites (tertiary alicyclic amines) is 1. The summed E-state index contributed by atoms with van der Waals surface area (Å²) in [6, 6.07) is 0.623. The fraction of sp³-hybridized carbons (Fsp3) is 0.875. The molecule has 0 bridgehead atoms. The van der Waals surface area contributed by atoms with Gasteiger partial charge in [0.1, 0.15) is 0 Å². The number of halogens is 1. The molecule has 146 valence electrons. The van der Waals surface area contributed by atoms with Crippen LogP contribution in [0.5, 0.6) is 0 Å². The first-order chi connectivity index (χ1) is 11.6. The lowest BCUT2D eigenvalue weighted by atomic mass is 10.1. The Balaban J connectivity index is 0.00000312. The average Bonchev–Trinajstić information content (AvgIpc) is 2.61. The van der Waals surface area contributed by atoms with Gasteiger partial charge in [0.2, 0.25) is 0 Å². The van der Waals surface area contributed by atoms with E-state index in [1.807, 2.05) is 6.92 Å². The molecule has 2 rings (SSSR count). The first-order valence-corrected chi connectivity index (χ1v) is 8.90. The first kappa shape index (κ1) is 22.2. The Morgan fingerprint density at radius 1 is 1.32 bits per heavy atom. The van der Waals surface area contributed by atoms with Crippen LogP contribution in [0.15, 0.2) is 4.99 Å². The number of nitrogens with one attached hydrogen (secondary N) is 1. The third-order valence-electron chi connectivity index (χ3n) is 4.57. The number of morpholine rings is 1. The van der Waals surface area contributed by atoms with Crippen LogP contribution in [-0.2, 0) is 9.47 Å². The highest BCUT2D eigenvalue weighted by atomic mass is 127. The molecule has 2 saturated heterocycles. The van der Waals surface area contributed by atoms with Crippen molar-refractivity contribution in [3.05, 3.63) is 0 Å². The van der Waals surface area contributed by atoms with Crippen molar-refractivity contribution in [2.75, 3.05) is 52.5 Å². The summed E-state index contributed by atoms with van der Waals surface area (Å²) < 4.78 is 10.4. The maximum Gasteiger partial charge on any atom is 0.409 e. The molecule has 1 atom stereocenters. The number of ether oxygens (including phenoxy) is 2. The third-order valence-corrected chi connectivity index (χ3v) is 4.57. The van der Waals surface area contributed by atoms with Crippen LogP contribution in [0.25, 0.3) is 0 Å². The third kappa shape index (κ3) is 7.53. The summed E-state index contributed by atoms with van der Waals surface area (Å²) in [7, 11) is 0. The molecule has 1 unspecified atom stereocenters. The van der Waals surface area contributed by atoms with Crippen LogP contribution >= 0.6 is 24.0 Å². The van der Waals surface area contributed by atoms with E-state index in [0.717, 1.165) is 39.1 Å². The summed E-state index contributed by atoms with van der Waals surface area (Å²) in [6.07, 6.45) is 1.49. The van der Waals surface area contributed by atoms with Crippen molar-refractivity contribution in [3.63, 3.8) is 0 Å². The van der Waals surface area contributed by atoms with Crippen molar-refractivity contribution in [2.45, 2.75) is 38.8 Å². The summed E-state index contributed by atoms with van der Waals surface area (Å²) in [5.74, 6) is 0.490. The topological polar surface area (TPSA) is 92.4 Å². The number of nitrogens with zero attached hydrogens (tertiary/aromatic N) is 3.